The molecular weight excluding hydrogens is 452 g/mol. The second-order valence-electron chi connectivity index (χ2n) is 8.14. The number of carbonyl (C=O) groups is 1. The fourth-order valence-electron chi connectivity index (χ4n) is 4.18. The Balaban J connectivity index is 1.29. The summed E-state index contributed by atoms with van der Waals surface area (Å²) in [4.78, 5) is 37.0. The van der Waals surface area contributed by atoms with E-state index in [1.807, 2.05) is 0 Å². The number of benzene rings is 1. The number of nitro groups is 1. The average Bonchev–Trinajstić information content (AvgIpc) is 3.33. The summed E-state index contributed by atoms with van der Waals surface area (Å²) in [7, 11) is -4.01. The zero-order chi connectivity index (χ0) is 23.4. The molecule has 0 bridgehead atoms. The van der Waals surface area contributed by atoms with E-state index in [0.717, 1.165) is 24.3 Å². The average molecular weight is 477 g/mol. The van der Waals surface area contributed by atoms with E-state index < -0.39 is 15.0 Å². The number of hydrogen-bond acceptors (Lipinski definition) is 9. The molecule has 1 aromatic carbocycles. The van der Waals surface area contributed by atoms with E-state index in [9.17, 15) is 23.3 Å². The van der Waals surface area contributed by atoms with Gasteiger partial charge in [0.25, 0.3) is 15.8 Å². The molecule has 0 N–H and O–H groups in total. The summed E-state index contributed by atoms with van der Waals surface area (Å²) in [5, 5.41) is 12.1. The van der Waals surface area contributed by atoms with Crippen molar-refractivity contribution in [3.63, 3.8) is 0 Å². The molecule has 2 aliphatic rings. The van der Waals surface area contributed by atoms with E-state index in [-0.39, 0.29) is 41.0 Å². The van der Waals surface area contributed by atoms with E-state index in [4.69, 9.17) is 9.02 Å². The largest absolute Gasteiger partial charge is 0.296 e. The Morgan fingerprint density at radius 3 is 2.52 bits per heavy atom. The SMILES string of the molecule is O=C([C@H]1CC[C@H](COS(=O)(=O)c2ccc([N+](=O)[O-])cc2)CC1)N1OCC[C@H]1c1cnccn1. The van der Waals surface area contributed by atoms with Gasteiger partial charge in [-0.2, -0.15) is 8.42 Å². The van der Waals surface area contributed by atoms with Crippen LogP contribution in [0.25, 0.3) is 0 Å². The van der Waals surface area contributed by atoms with E-state index in [1.165, 1.54) is 5.06 Å². The lowest BCUT2D eigenvalue weighted by atomic mass is 9.82. The monoisotopic (exact) mass is 476 g/mol. The standard InChI is InChI=1S/C21H24N4O7S/c26-21(24-20(9-12-31-24)19-13-22-10-11-23-19)16-3-1-15(2-4-16)14-32-33(29,30)18-7-5-17(6-8-18)25(27)28/h5-8,10-11,13,15-16,20H,1-4,9,12,14H2/t15-,16-,20-/m0/s1. The van der Waals surface area contributed by atoms with E-state index in [0.29, 0.717) is 44.4 Å². The van der Waals surface area contributed by atoms with Crippen molar-refractivity contribution in [1.29, 1.82) is 0 Å². The number of carbonyl (C=O) groups excluding carboxylic acids is 1. The summed E-state index contributed by atoms with van der Waals surface area (Å²) in [5.41, 5.74) is 0.502. The molecule has 1 aliphatic carbocycles. The highest BCUT2D eigenvalue weighted by molar-refractivity contribution is 7.86. The molecular formula is C21H24N4O7S. The maximum Gasteiger partial charge on any atom is 0.296 e. The summed E-state index contributed by atoms with van der Waals surface area (Å²) in [6.45, 7) is 0.444. The molecule has 33 heavy (non-hydrogen) atoms. The minimum atomic E-state index is -4.01. The summed E-state index contributed by atoms with van der Waals surface area (Å²) in [6.07, 6.45) is 7.98. The van der Waals surface area contributed by atoms with Gasteiger partial charge in [0.2, 0.25) is 5.91 Å². The van der Waals surface area contributed by atoms with E-state index in [1.54, 1.807) is 18.6 Å². The number of nitrogens with zero attached hydrogens (tertiary/aromatic N) is 4. The molecule has 2 heterocycles. The highest BCUT2D eigenvalue weighted by Gasteiger charge is 2.38. The van der Waals surface area contributed by atoms with Crippen LogP contribution in [0.5, 0.6) is 0 Å². The van der Waals surface area contributed by atoms with Crippen LogP contribution in [-0.4, -0.2) is 47.5 Å². The lowest BCUT2D eigenvalue weighted by Crippen LogP contribution is -2.37. The van der Waals surface area contributed by atoms with Gasteiger partial charge in [-0.05, 0) is 43.7 Å². The summed E-state index contributed by atoms with van der Waals surface area (Å²) < 4.78 is 30.0. The molecule has 2 aromatic rings. The minimum Gasteiger partial charge on any atom is -0.272 e. The maximum absolute atomic E-state index is 13.0. The van der Waals surface area contributed by atoms with Crippen LogP contribution in [0.4, 0.5) is 5.69 Å². The number of hydrogen-bond donors (Lipinski definition) is 0. The number of hydroxylamine groups is 2. The number of nitro benzene ring substituents is 1. The van der Waals surface area contributed by atoms with Crippen LogP contribution in [0.15, 0.2) is 47.8 Å². The summed E-state index contributed by atoms with van der Waals surface area (Å²) >= 11 is 0. The number of aromatic nitrogens is 2. The first-order valence-electron chi connectivity index (χ1n) is 10.7. The molecule has 11 nitrogen and oxygen atoms in total. The molecule has 0 spiro atoms. The van der Waals surface area contributed by atoms with Gasteiger partial charge < -0.3 is 0 Å². The van der Waals surface area contributed by atoms with Gasteiger partial charge in [0.15, 0.2) is 0 Å². The molecule has 0 radical (unpaired) electrons. The minimum absolute atomic E-state index is 0.00263. The topological polar surface area (TPSA) is 142 Å². The molecule has 1 saturated heterocycles. The predicted molar refractivity (Wildman–Crippen MR) is 114 cm³/mol. The van der Waals surface area contributed by atoms with Crippen molar-refractivity contribution in [1.82, 2.24) is 15.0 Å². The molecule has 4 rings (SSSR count). The molecule has 1 atom stereocenters. The van der Waals surface area contributed by atoms with Gasteiger partial charge in [-0.3, -0.25) is 33.9 Å². The van der Waals surface area contributed by atoms with Crippen LogP contribution in [0, 0.1) is 22.0 Å². The van der Waals surface area contributed by atoms with Crippen LogP contribution in [0.2, 0.25) is 0 Å². The Morgan fingerprint density at radius 2 is 1.88 bits per heavy atom. The molecule has 12 heteroatoms. The molecule has 1 saturated carbocycles. The Morgan fingerprint density at radius 1 is 1.15 bits per heavy atom. The third-order valence-corrected chi connectivity index (χ3v) is 7.33. The van der Waals surface area contributed by atoms with Gasteiger partial charge >= 0.3 is 0 Å². The van der Waals surface area contributed by atoms with E-state index >= 15 is 0 Å². The second-order valence-corrected chi connectivity index (χ2v) is 9.75. The molecule has 1 aliphatic heterocycles. The van der Waals surface area contributed by atoms with Crippen LogP contribution in [0.1, 0.15) is 43.8 Å². The van der Waals surface area contributed by atoms with Gasteiger partial charge in [0, 0.05) is 36.9 Å². The predicted octanol–water partition coefficient (Wildman–Crippen LogP) is 2.80. The third kappa shape index (κ3) is 5.34. The van der Waals surface area contributed by atoms with Crippen LogP contribution in [-0.2, 0) is 23.9 Å². The molecule has 1 aromatic heterocycles. The Kier molecular flexibility index (Phi) is 6.96. The Bertz CT molecular complexity index is 1090. The summed E-state index contributed by atoms with van der Waals surface area (Å²) in [5.74, 6) is -0.289. The number of rotatable bonds is 7. The van der Waals surface area contributed by atoms with Gasteiger partial charge in [0.1, 0.15) is 6.04 Å². The number of non-ortho nitro benzene ring substituents is 1. The molecule has 0 unspecified atom stereocenters. The van der Waals surface area contributed by atoms with Crippen molar-refractivity contribution in [3.8, 4) is 0 Å². The highest BCUT2D eigenvalue weighted by atomic mass is 32.2. The lowest BCUT2D eigenvalue weighted by Gasteiger charge is -2.31. The van der Waals surface area contributed by atoms with Gasteiger partial charge in [0.05, 0.1) is 34.9 Å². The highest BCUT2D eigenvalue weighted by Crippen LogP contribution is 2.35. The fourth-order valence-corrected chi connectivity index (χ4v) is 5.16. The molecule has 2 fully saturated rings. The first kappa shape index (κ1) is 23.2. The lowest BCUT2D eigenvalue weighted by molar-refractivity contribution is -0.384. The fraction of sp³-hybridized carbons (Fsp3) is 0.476. The maximum atomic E-state index is 13.0. The van der Waals surface area contributed by atoms with Crippen molar-refractivity contribution in [3.05, 3.63) is 58.7 Å². The van der Waals surface area contributed by atoms with Crippen LogP contribution >= 0.6 is 0 Å². The van der Waals surface area contributed by atoms with Crippen molar-refractivity contribution in [2.24, 2.45) is 11.8 Å². The first-order chi connectivity index (χ1) is 15.8. The molecule has 1 amide bonds. The van der Waals surface area contributed by atoms with Crippen molar-refractivity contribution in [2.45, 2.75) is 43.0 Å². The van der Waals surface area contributed by atoms with Gasteiger partial charge in [-0.1, -0.05) is 0 Å². The van der Waals surface area contributed by atoms with Crippen LogP contribution < -0.4 is 0 Å². The third-order valence-electron chi connectivity index (χ3n) is 6.04. The second kappa shape index (κ2) is 9.89. The van der Waals surface area contributed by atoms with Crippen molar-refractivity contribution < 1.29 is 27.2 Å². The van der Waals surface area contributed by atoms with Crippen molar-refractivity contribution in [2.75, 3.05) is 13.2 Å². The first-order valence-corrected chi connectivity index (χ1v) is 12.1. The van der Waals surface area contributed by atoms with Gasteiger partial charge in [-0.15, -0.1) is 0 Å². The molecule has 176 valence electrons. The van der Waals surface area contributed by atoms with E-state index in [2.05, 4.69) is 9.97 Å². The number of amides is 1. The smallest absolute Gasteiger partial charge is 0.272 e. The van der Waals surface area contributed by atoms with Crippen molar-refractivity contribution >= 4 is 21.7 Å². The normalized spacial score (nSPS) is 23.4. The quantitative estimate of drug-likeness (QED) is 0.335. The van der Waals surface area contributed by atoms with Crippen LogP contribution in [0.3, 0.4) is 0 Å². The zero-order valence-corrected chi connectivity index (χ0v) is 18.6. The zero-order valence-electron chi connectivity index (χ0n) is 17.8. The summed E-state index contributed by atoms with van der Waals surface area (Å²) in [6, 6.07) is 4.32. The Labute approximate surface area is 191 Å². The van der Waals surface area contributed by atoms with Gasteiger partial charge in [-0.25, -0.2) is 5.06 Å². The Hall–Kier alpha value is -2.96.